The molecule has 2 N–H and O–H groups in total. The lowest BCUT2D eigenvalue weighted by Gasteiger charge is -2.10. The van der Waals surface area contributed by atoms with Crippen LogP contribution in [-0.2, 0) is 0 Å². The number of hydrogen-bond donors (Lipinski definition) is 2. The van der Waals surface area contributed by atoms with Gasteiger partial charge in [-0.2, -0.15) is 0 Å². The van der Waals surface area contributed by atoms with E-state index >= 15 is 0 Å². The fourth-order valence-corrected chi connectivity index (χ4v) is 2.34. The second-order valence-electron chi connectivity index (χ2n) is 4.41. The summed E-state index contributed by atoms with van der Waals surface area (Å²) < 4.78 is 0. The summed E-state index contributed by atoms with van der Waals surface area (Å²) in [4.78, 5) is 11.8. The predicted octanol–water partition coefficient (Wildman–Crippen LogP) is 4.49. The van der Waals surface area contributed by atoms with Gasteiger partial charge in [0.2, 0.25) is 0 Å². The molecule has 110 valence electrons. The summed E-state index contributed by atoms with van der Waals surface area (Å²) in [5.41, 5.74) is 2.39. The smallest absolute Gasteiger partial charge is 0.273 e. The van der Waals surface area contributed by atoms with E-state index < -0.39 is 0 Å². The lowest BCUT2D eigenvalue weighted by atomic mass is 10.2. The Morgan fingerprint density at radius 1 is 1.10 bits per heavy atom. The van der Waals surface area contributed by atoms with E-state index in [1.165, 1.54) is 17.0 Å². The van der Waals surface area contributed by atoms with Crippen LogP contribution in [0.3, 0.4) is 0 Å². The van der Waals surface area contributed by atoms with Crippen LogP contribution in [0.5, 0.6) is 0 Å². The summed E-state index contributed by atoms with van der Waals surface area (Å²) in [5.74, 6) is 0. The van der Waals surface area contributed by atoms with Crippen molar-refractivity contribution < 1.29 is 4.92 Å². The Kier molecular flexibility index (Phi) is 5.05. The molecule has 0 amide bonds. The maximum atomic E-state index is 11.0. The number of anilines is 3. The molecule has 0 aliphatic heterocycles. The summed E-state index contributed by atoms with van der Waals surface area (Å²) in [6, 6.07) is 12.9. The highest BCUT2D eigenvalue weighted by Gasteiger charge is 2.09. The zero-order valence-electron chi connectivity index (χ0n) is 11.9. The number of nitrogens with zero attached hydrogens (tertiary/aromatic N) is 1. The summed E-state index contributed by atoms with van der Waals surface area (Å²) >= 11 is 1.67. The van der Waals surface area contributed by atoms with E-state index in [1.807, 2.05) is 43.5 Å². The zero-order chi connectivity index (χ0) is 15.2. The first kappa shape index (κ1) is 15.2. The molecule has 0 bridgehead atoms. The Morgan fingerprint density at radius 2 is 1.76 bits per heavy atom. The van der Waals surface area contributed by atoms with Gasteiger partial charge in [0.1, 0.15) is 0 Å². The molecule has 0 spiro atoms. The summed E-state index contributed by atoms with van der Waals surface area (Å²) in [7, 11) is 0. The van der Waals surface area contributed by atoms with Crippen molar-refractivity contribution in [1.82, 2.24) is 0 Å². The molecule has 0 unspecified atom stereocenters. The molecule has 0 aliphatic carbocycles. The highest BCUT2D eigenvalue weighted by Crippen LogP contribution is 2.27. The van der Waals surface area contributed by atoms with E-state index in [4.69, 9.17) is 0 Å². The highest BCUT2D eigenvalue weighted by atomic mass is 32.2. The van der Waals surface area contributed by atoms with Gasteiger partial charge in [-0.05, 0) is 43.5 Å². The summed E-state index contributed by atoms with van der Waals surface area (Å²) in [6.07, 6.45) is 2.02. The van der Waals surface area contributed by atoms with Gasteiger partial charge >= 0.3 is 0 Å². The quantitative estimate of drug-likeness (QED) is 0.467. The average molecular weight is 303 g/mol. The van der Waals surface area contributed by atoms with Gasteiger partial charge in [-0.25, -0.2) is 0 Å². The third-order valence-corrected chi connectivity index (χ3v) is 3.63. The van der Waals surface area contributed by atoms with Gasteiger partial charge in [0.15, 0.2) is 0 Å². The summed E-state index contributed by atoms with van der Waals surface area (Å²) in [5, 5.41) is 17.3. The minimum atomic E-state index is -0.386. The van der Waals surface area contributed by atoms with Crippen molar-refractivity contribution in [1.29, 1.82) is 0 Å². The summed E-state index contributed by atoms with van der Waals surface area (Å²) in [6.45, 7) is 2.66. The number of thioether (sulfide) groups is 1. The van der Waals surface area contributed by atoms with E-state index in [0.29, 0.717) is 12.2 Å². The van der Waals surface area contributed by atoms with Gasteiger partial charge in [-0.1, -0.05) is 0 Å². The van der Waals surface area contributed by atoms with Crippen molar-refractivity contribution in [2.24, 2.45) is 0 Å². The first-order valence-corrected chi connectivity index (χ1v) is 7.79. The lowest BCUT2D eigenvalue weighted by molar-refractivity contribution is -0.384. The molecule has 5 nitrogen and oxygen atoms in total. The van der Waals surface area contributed by atoms with Crippen LogP contribution in [0.15, 0.2) is 47.4 Å². The zero-order valence-corrected chi connectivity index (χ0v) is 12.7. The Labute approximate surface area is 127 Å². The van der Waals surface area contributed by atoms with E-state index in [1.54, 1.807) is 11.8 Å². The number of hydrogen-bond acceptors (Lipinski definition) is 5. The van der Waals surface area contributed by atoms with Gasteiger partial charge in [-0.3, -0.25) is 10.1 Å². The normalized spacial score (nSPS) is 10.2. The number of nitro benzene ring substituents is 1. The van der Waals surface area contributed by atoms with Gasteiger partial charge in [0.25, 0.3) is 5.69 Å². The van der Waals surface area contributed by atoms with Crippen molar-refractivity contribution in [3.8, 4) is 0 Å². The van der Waals surface area contributed by atoms with Crippen molar-refractivity contribution in [3.05, 3.63) is 52.6 Å². The van der Waals surface area contributed by atoms with Crippen LogP contribution in [0, 0.1) is 10.1 Å². The van der Waals surface area contributed by atoms with E-state index in [0.717, 1.165) is 11.4 Å². The molecule has 0 saturated heterocycles. The van der Waals surface area contributed by atoms with Crippen LogP contribution >= 0.6 is 11.8 Å². The molecule has 2 aromatic carbocycles. The SMILES string of the molecule is CCNc1cc(Nc2ccc(SC)cc2)cc([N+](=O)[O-])c1. The van der Waals surface area contributed by atoms with E-state index in [-0.39, 0.29) is 10.6 Å². The first-order valence-electron chi connectivity index (χ1n) is 6.57. The average Bonchev–Trinajstić information content (AvgIpc) is 2.48. The monoisotopic (exact) mass is 303 g/mol. The Bertz CT molecular complexity index is 629. The van der Waals surface area contributed by atoms with Crippen LogP contribution in [0.25, 0.3) is 0 Å². The van der Waals surface area contributed by atoms with E-state index in [9.17, 15) is 10.1 Å². The number of rotatable bonds is 6. The van der Waals surface area contributed by atoms with Crippen molar-refractivity contribution in [2.75, 3.05) is 23.4 Å². The molecule has 2 aromatic rings. The molecule has 0 saturated carbocycles. The Morgan fingerprint density at radius 3 is 2.33 bits per heavy atom. The molecular weight excluding hydrogens is 286 g/mol. The van der Waals surface area contributed by atoms with Gasteiger partial charge in [-0.15, -0.1) is 11.8 Å². The lowest BCUT2D eigenvalue weighted by Crippen LogP contribution is -2.00. The van der Waals surface area contributed by atoms with Crippen LogP contribution < -0.4 is 10.6 Å². The third-order valence-electron chi connectivity index (χ3n) is 2.89. The first-order chi connectivity index (χ1) is 10.1. The van der Waals surface area contributed by atoms with Crippen LogP contribution in [0.2, 0.25) is 0 Å². The molecule has 0 aromatic heterocycles. The van der Waals surface area contributed by atoms with Crippen LogP contribution in [-0.4, -0.2) is 17.7 Å². The molecule has 0 fully saturated rings. The molecule has 0 atom stereocenters. The molecule has 0 radical (unpaired) electrons. The number of non-ortho nitro benzene ring substituents is 1. The Hall–Kier alpha value is -2.21. The fraction of sp³-hybridized carbons (Fsp3) is 0.200. The highest BCUT2D eigenvalue weighted by molar-refractivity contribution is 7.98. The minimum Gasteiger partial charge on any atom is -0.385 e. The molecule has 21 heavy (non-hydrogen) atoms. The fourth-order valence-electron chi connectivity index (χ4n) is 1.94. The molecule has 0 heterocycles. The maximum absolute atomic E-state index is 11.0. The second-order valence-corrected chi connectivity index (χ2v) is 5.29. The van der Waals surface area contributed by atoms with Crippen LogP contribution in [0.4, 0.5) is 22.7 Å². The van der Waals surface area contributed by atoms with Crippen molar-refractivity contribution >= 4 is 34.5 Å². The minimum absolute atomic E-state index is 0.0664. The van der Waals surface area contributed by atoms with Crippen molar-refractivity contribution in [3.63, 3.8) is 0 Å². The second kappa shape index (κ2) is 6.99. The van der Waals surface area contributed by atoms with Gasteiger partial charge in [0, 0.05) is 40.6 Å². The predicted molar refractivity (Wildman–Crippen MR) is 88.8 cm³/mol. The van der Waals surface area contributed by atoms with E-state index in [2.05, 4.69) is 10.6 Å². The standard InChI is InChI=1S/C15H17N3O2S/c1-3-16-12-8-13(10-14(9-12)18(19)20)17-11-4-6-15(21-2)7-5-11/h4-10,16-17H,3H2,1-2H3. The molecule has 0 aliphatic rings. The molecule has 2 rings (SSSR count). The van der Waals surface area contributed by atoms with Gasteiger partial charge < -0.3 is 10.6 Å². The molecule has 6 heteroatoms. The largest absolute Gasteiger partial charge is 0.385 e. The molecular formula is C15H17N3O2S. The van der Waals surface area contributed by atoms with Crippen molar-refractivity contribution in [2.45, 2.75) is 11.8 Å². The number of benzene rings is 2. The topological polar surface area (TPSA) is 67.2 Å². The number of nitro groups is 1. The Balaban J connectivity index is 2.26. The number of nitrogens with one attached hydrogen (secondary N) is 2. The third kappa shape index (κ3) is 4.13. The van der Waals surface area contributed by atoms with Crippen LogP contribution in [0.1, 0.15) is 6.92 Å². The maximum Gasteiger partial charge on any atom is 0.273 e. The van der Waals surface area contributed by atoms with Gasteiger partial charge in [0.05, 0.1) is 4.92 Å².